The maximum Gasteiger partial charge on any atom is 0.320 e. The molecule has 7 nitrogen and oxygen atoms in total. The standard InChI is InChI=1S/C20H20BN3O4/c21-15-7-11(5-6-16(15)26)18-14-9-24(17(27)10-25)8-12-3-1-2-4-13(12)19(14)23-20(28)22-18/h1-7,18,25-26H,8-10,21H2,(H2,22,23,28). The smallest absolute Gasteiger partial charge is 0.320 e. The number of aliphatic hydroxyl groups is 1. The second-order valence-corrected chi connectivity index (χ2v) is 7.04. The van der Waals surface area contributed by atoms with E-state index >= 15 is 0 Å². The van der Waals surface area contributed by atoms with Crippen molar-refractivity contribution in [2.75, 3.05) is 13.2 Å². The number of urea groups is 1. The van der Waals surface area contributed by atoms with Crippen LogP contribution >= 0.6 is 0 Å². The van der Waals surface area contributed by atoms with Gasteiger partial charge in [-0.3, -0.25) is 4.79 Å². The number of nitrogens with zero attached hydrogens (tertiary/aromatic N) is 1. The normalized spacial score (nSPS) is 18.5. The predicted octanol–water partition coefficient (Wildman–Crippen LogP) is -0.250. The molecule has 1 atom stereocenters. The number of hydrogen-bond donors (Lipinski definition) is 4. The van der Waals surface area contributed by atoms with Gasteiger partial charge in [0.15, 0.2) is 0 Å². The van der Waals surface area contributed by atoms with Crippen LogP contribution in [0.4, 0.5) is 4.79 Å². The minimum atomic E-state index is -0.576. The molecule has 8 heteroatoms. The van der Waals surface area contributed by atoms with E-state index in [9.17, 15) is 19.8 Å². The molecule has 0 spiro atoms. The number of carbonyl (C=O) groups excluding carboxylic acids is 2. The number of fused-ring (bicyclic) bond motifs is 2. The number of carbonyl (C=O) groups is 2. The molecule has 28 heavy (non-hydrogen) atoms. The van der Waals surface area contributed by atoms with E-state index in [1.165, 1.54) is 0 Å². The van der Waals surface area contributed by atoms with Gasteiger partial charge in [-0.2, -0.15) is 0 Å². The van der Waals surface area contributed by atoms with Crippen molar-refractivity contribution < 1.29 is 19.8 Å². The van der Waals surface area contributed by atoms with Gasteiger partial charge in [0, 0.05) is 24.2 Å². The van der Waals surface area contributed by atoms with Gasteiger partial charge in [0.1, 0.15) is 20.2 Å². The van der Waals surface area contributed by atoms with Crippen LogP contribution in [0.25, 0.3) is 5.70 Å². The van der Waals surface area contributed by atoms with Crippen LogP contribution in [-0.4, -0.2) is 48.0 Å². The van der Waals surface area contributed by atoms with Gasteiger partial charge in [0.25, 0.3) is 0 Å². The van der Waals surface area contributed by atoms with E-state index in [4.69, 9.17) is 0 Å². The van der Waals surface area contributed by atoms with Crippen molar-refractivity contribution in [2.24, 2.45) is 0 Å². The Morgan fingerprint density at radius 2 is 2.00 bits per heavy atom. The van der Waals surface area contributed by atoms with Crippen LogP contribution in [0.3, 0.4) is 0 Å². The first-order chi connectivity index (χ1) is 13.5. The van der Waals surface area contributed by atoms with Crippen molar-refractivity contribution in [3.05, 3.63) is 64.7 Å². The number of hydrogen-bond acceptors (Lipinski definition) is 4. The third-order valence-corrected chi connectivity index (χ3v) is 5.23. The molecule has 142 valence electrons. The summed E-state index contributed by atoms with van der Waals surface area (Å²) in [5.41, 5.74) is 4.79. The highest BCUT2D eigenvalue weighted by molar-refractivity contribution is 6.34. The summed E-state index contributed by atoms with van der Waals surface area (Å²) in [5, 5.41) is 25.1. The van der Waals surface area contributed by atoms with Crippen LogP contribution in [0.15, 0.2) is 48.0 Å². The summed E-state index contributed by atoms with van der Waals surface area (Å²) in [5.74, 6) is -0.192. The van der Waals surface area contributed by atoms with Crippen molar-refractivity contribution >= 4 is 30.9 Å². The van der Waals surface area contributed by atoms with Gasteiger partial charge >= 0.3 is 6.03 Å². The molecule has 2 aromatic rings. The van der Waals surface area contributed by atoms with Crippen molar-refractivity contribution in [1.29, 1.82) is 0 Å². The Kier molecular flexibility index (Phi) is 4.56. The van der Waals surface area contributed by atoms with Crippen LogP contribution in [0.1, 0.15) is 22.7 Å². The Bertz CT molecular complexity index is 1000. The SMILES string of the molecule is Bc1cc(C2NC(=O)NC3=C2CN(C(=O)CO)Cc2ccccc23)ccc1O. The monoisotopic (exact) mass is 377 g/mol. The molecule has 3 amide bonds. The summed E-state index contributed by atoms with van der Waals surface area (Å²) >= 11 is 0. The molecule has 0 fully saturated rings. The zero-order valence-corrected chi connectivity index (χ0v) is 15.4. The van der Waals surface area contributed by atoms with Crippen molar-refractivity contribution in [2.45, 2.75) is 12.6 Å². The van der Waals surface area contributed by atoms with E-state index in [1.54, 1.807) is 24.9 Å². The highest BCUT2D eigenvalue weighted by atomic mass is 16.3. The molecule has 0 saturated heterocycles. The number of aliphatic hydroxyl groups excluding tert-OH is 1. The summed E-state index contributed by atoms with van der Waals surface area (Å²) in [6.45, 7) is 0.0363. The summed E-state index contributed by atoms with van der Waals surface area (Å²) in [6, 6.07) is 12.0. The molecule has 0 aromatic heterocycles. The summed E-state index contributed by atoms with van der Waals surface area (Å²) < 4.78 is 0. The Hall–Kier alpha value is -3.26. The van der Waals surface area contributed by atoms with Crippen LogP contribution in [0.5, 0.6) is 5.75 Å². The van der Waals surface area contributed by atoms with Gasteiger partial charge in [-0.15, -0.1) is 0 Å². The van der Waals surface area contributed by atoms with Crippen molar-refractivity contribution in [1.82, 2.24) is 15.5 Å². The minimum Gasteiger partial charge on any atom is -0.509 e. The van der Waals surface area contributed by atoms with Gasteiger partial charge in [0.05, 0.1) is 11.7 Å². The molecule has 2 aliphatic rings. The number of rotatable bonds is 2. The molecule has 4 rings (SSSR count). The molecule has 1 unspecified atom stereocenters. The van der Waals surface area contributed by atoms with E-state index in [2.05, 4.69) is 10.6 Å². The molecule has 2 heterocycles. The van der Waals surface area contributed by atoms with Crippen LogP contribution < -0.4 is 16.1 Å². The molecule has 2 aliphatic heterocycles. The maximum absolute atomic E-state index is 12.4. The lowest BCUT2D eigenvalue weighted by molar-refractivity contribution is -0.134. The average Bonchev–Trinajstić information content (AvgIpc) is 2.86. The predicted molar refractivity (Wildman–Crippen MR) is 107 cm³/mol. The zero-order chi connectivity index (χ0) is 19.8. The molecule has 4 N–H and O–H groups in total. The highest BCUT2D eigenvalue weighted by Gasteiger charge is 2.34. The highest BCUT2D eigenvalue weighted by Crippen LogP contribution is 2.35. The first-order valence-corrected chi connectivity index (χ1v) is 9.05. The molecular formula is C20H20BN3O4. The number of phenols is 1. The number of amides is 3. The van der Waals surface area contributed by atoms with Gasteiger partial charge in [-0.25, -0.2) is 4.79 Å². The quantitative estimate of drug-likeness (QED) is 0.542. The van der Waals surface area contributed by atoms with E-state index in [1.807, 2.05) is 30.3 Å². The minimum absolute atomic E-state index is 0.182. The lowest BCUT2D eigenvalue weighted by Gasteiger charge is -2.32. The number of aromatic hydroxyl groups is 1. The molecule has 0 bridgehead atoms. The first kappa shape index (κ1) is 18.1. The summed E-state index contributed by atoms with van der Waals surface area (Å²) in [4.78, 5) is 26.3. The van der Waals surface area contributed by atoms with Gasteiger partial charge < -0.3 is 25.7 Å². The number of phenolic OH excluding ortho intramolecular Hbond substituents is 1. The molecule has 0 radical (unpaired) electrons. The number of benzene rings is 2. The van der Waals surface area contributed by atoms with Gasteiger partial charge in [-0.1, -0.05) is 36.4 Å². The van der Waals surface area contributed by atoms with Crippen LogP contribution in [0.2, 0.25) is 0 Å². The van der Waals surface area contributed by atoms with E-state index in [0.717, 1.165) is 22.3 Å². The second-order valence-electron chi connectivity index (χ2n) is 7.04. The van der Waals surface area contributed by atoms with E-state index in [0.29, 0.717) is 17.7 Å². The second kappa shape index (κ2) is 7.05. The molecule has 0 saturated carbocycles. The third-order valence-electron chi connectivity index (χ3n) is 5.23. The molecule has 0 aliphatic carbocycles. The van der Waals surface area contributed by atoms with E-state index < -0.39 is 12.6 Å². The molecular weight excluding hydrogens is 357 g/mol. The average molecular weight is 377 g/mol. The van der Waals surface area contributed by atoms with Crippen LogP contribution in [0, 0.1) is 0 Å². The summed E-state index contributed by atoms with van der Waals surface area (Å²) in [7, 11) is 1.79. The fourth-order valence-corrected chi connectivity index (χ4v) is 3.79. The van der Waals surface area contributed by atoms with E-state index in [-0.39, 0.29) is 24.2 Å². The lowest BCUT2D eigenvalue weighted by atomic mass is 9.87. The Morgan fingerprint density at radius 1 is 1.21 bits per heavy atom. The maximum atomic E-state index is 12.4. The van der Waals surface area contributed by atoms with Crippen molar-refractivity contribution in [3.63, 3.8) is 0 Å². The Balaban J connectivity index is 1.89. The zero-order valence-electron chi connectivity index (χ0n) is 15.4. The fraction of sp³-hybridized carbons (Fsp3) is 0.200. The largest absolute Gasteiger partial charge is 0.509 e. The number of nitrogens with one attached hydrogen (secondary N) is 2. The fourth-order valence-electron chi connectivity index (χ4n) is 3.79. The lowest BCUT2D eigenvalue weighted by Crippen LogP contribution is -2.45. The van der Waals surface area contributed by atoms with Crippen LogP contribution in [-0.2, 0) is 11.3 Å². The topological polar surface area (TPSA) is 102 Å². The van der Waals surface area contributed by atoms with Crippen molar-refractivity contribution in [3.8, 4) is 5.75 Å². The third kappa shape index (κ3) is 3.12. The first-order valence-electron chi connectivity index (χ1n) is 9.05. The molecule has 2 aromatic carbocycles. The summed E-state index contributed by atoms with van der Waals surface area (Å²) in [6.07, 6.45) is 0. The van der Waals surface area contributed by atoms with Gasteiger partial charge in [0.2, 0.25) is 5.91 Å². The Morgan fingerprint density at radius 3 is 2.75 bits per heavy atom. The van der Waals surface area contributed by atoms with Gasteiger partial charge in [-0.05, 0) is 22.7 Å². The Labute approximate surface area is 163 Å².